The number of nitrogen functional groups attached to an aromatic ring is 1. The average Bonchev–Trinajstić information content (AvgIpc) is 2.40. The quantitative estimate of drug-likeness (QED) is 0.656. The monoisotopic (exact) mass is 311 g/mol. The van der Waals surface area contributed by atoms with E-state index in [0.717, 1.165) is 18.2 Å². The van der Waals surface area contributed by atoms with E-state index in [0.29, 0.717) is 22.2 Å². The summed E-state index contributed by atoms with van der Waals surface area (Å²) in [5.74, 6) is 0. The van der Waals surface area contributed by atoms with Crippen LogP contribution in [0, 0.1) is 0 Å². The molecule has 0 atom stereocenters. The number of rotatable bonds is 5. The third-order valence-electron chi connectivity index (χ3n) is 2.75. The molecular formula is C14H15F2N3OS. The minimum atomic E-state index is -2.64. The Morgan fingerprint density at radius 1 is 1.38 bits per heavy atom. The lowest BCUT2D eigenvalue weighted by atomic mass is 10.2. The number of hydrogen-bond acceptors (Lipinski definition) is 4. The lowest BCUT2D eigenvalue weighted by molar-refractivity contribution is 0.148. The minimum absolute atomic E-state index is 0.163. The number of nitrogens with two attached hydrogens (primary N) is 1. The van der Waals surface area contributed by atoms with Gasteiger partial charge in [0.25, 0.3) is 12.0 Å². The SMILES string of the molecule is CCCc1cc(=O)[nH]c(Sc2ccc(N)cc2C(F)F)n1. The summed E-state index contributed by atoms with van der Waals surface area (Å²) >= 11 is 1.00. The van der Waals surface area contributed by atoms with Crippen molar-refractivity contribution in [2.45, 2.75) is 36.2 Å². The van der Waals surface area contributed by atoms with E-state index in [9.17, 15) is 13.6 Å². The van der Waals surface area contributed by atoms with Crippen molar-refractivity contribution < 1.29 is 8.78 Å². The summed E-state index contributed by atoms with van der Waals surface area (Å²) in [6, 6.07) is 5.71. The number of nitrogens with one attached hydrogen (secondary N) is 1. The summed E-state index contributed by atoms with van der Waals surface area (Å²) in [6.45, 7) is 1.98. The van der Waals surface area contributed by atoms with Crippen molar-refractivity contribution in [2.24, 2.45) is 0 Å². The molecule has 0 bridgehead atoms. The van der Waals surface area contributed by atoms with Crippen LogP contribution in [-0.2, 0) is 6.42 Å². The largest absolute Gasteiger partial charge is 0.399 e. The van der Waals surface area contributed by atoms with E-state index >= 15 is 0 Å². The number of aromatic amines is 1. The van der Waals surface area contributed by atoms with Crippen molar-refractivity contribution in [2.75, 3.05) is 5.73 Å². The summed E-state index contributed by atoms with van der Waals surface area (Å²) in [5, 5.41) is 0.303. The van der Waals surface area contributed by atoms with Gasteiger partial charge in [0.1, 0.15) is 0 Å². The van der Waals surface area contributed by atoms with Crippen LogP contribution < -0.4 is 11.3 Å². The molecule has 0 aliphatic rings. The van der Waals surface area contributed by atoms with Gasteiger partial charge in [0, 0.05) is 27.9 Å². The molecule has 21 heavy (non-hydrogen) atoms. The van der Waals surface area contributed by atoms with Crippen LogP contribution in [-0.4, -0.2) is 9.97 Å². The molecule has 0 unspecified atom stereocenters. The lowest BCUT2D eigenvalue weighted by Crippen LogP contribution is -2.10. The maximum atomic E-state index is 13.0. The Bertz CT molecular complexity index is 688. The molecule has 2 rings (SSSR count). The van der Waals surface area contributed by atoms with E-state index in [1.807, 2.05) is 6.92 Å². The minimum Gasteiger partial charge on any atom is -0.399 e. The summed E-state index contributed by atoms with van der Waals surface area (Å²) in [5.41, 5.74) is 6.00. The third kappa shape index (κ3) is 4.04. The molecule has 1 aromatic carbocycles. The smallest absolute Gasteiger partial charge is 0.265 e. The maximum absolute atomic E-state index is 13.0. The van der Waals surface area contributed by atoms with E-state index < -0.39 is 6.43 Å². The van der Waals surface area contributed by atoms with Crippen LogP contribution in [0.15, 0.2) is 39.1 Å². The van der Waals surface area contributed by atoms with Crippen LogP contribution in [0.3, 0.4) is 0 Å². The zero-order valence-electron chi connectivity index (χ0n) is 11.4. The van der Waals surface area contributed by atoms with E-state index in [1.54, 1.807) is 6.07 Å². The predicted octanol–water partition coefficient (Wildman–Crippen LogP) is 3.39. The fourth-order valence-corrected chi connectivity index (χ4v) is 2.78. The number of benzene rings is 1. The average molecular weight is 311 g/mol. The summed E-state index contributed by atoms with van der Waals surface area (Å²) in [6.07, 6.45) is -1.12. The second kappa shape index (κ2) is 6.71. The highest BCUT2D eigenvalue weighted by Crippen LogP contribution is 2.34. The predicted molar refractivity (Wildman–Crippen MR) is 78.8 cm³/mol. The maximum Gasteiger partial charge on any atom is 0.265 e. The zero-order valence-corrected chi connectivity index (χ0v) is 12.2. The zero-order chi connectivity index (χ0) is 15.4. The first-order chi connectivity index (χ1) is 9.99. The van der Waals surface area contributed by atoms with Crippen LogP contribution in [0.4, 0.5) is 14.5 Å². The van der Waals surface area contributed by atoms with Gasteiger partial charge in [-0.05, 0) is 24.6 Å². The number of nitrogens with zero attached hydrogens (tertiary/aromatic N) is 1. The van der Waals surface area contributed by atoms with Crippen LogP contribution in [0.1, 0.15) is 31.0 Å². The molecule has 0 amide bonds. The summed E-state index contributed by atoms with van der Waals surface area (Å²) in [4.78, 5) is 18.7. The van der Waals surface area contributed by atoms with Crippen molar-refractivity contribution in [3.8, 4) is 0 Å². The molecule has 0 saturated heterocycles. The normalized spacial score (nSPS) is 11.0. The Labute approximate surface area is 124 Å². The third-order valence-corrected chi connectivity index (χ3v) is 3.73. The number of aromatic nitrogens is 2. The Morgan fingerprint density at radius 3 is 2.81 bits per heavy atom. The molecule has 0 aliphatic heterocycles. The van der Waals surface area contributed by atoms with Gasteiger partial charge in [0.2, 0.25) is 0 Å². The van der Waals surface area contributed by atoms with Crippen molar-refractivity contribution in [1.82, 2.24) is 9.97 Å². The Kier molecular flexibility index (Phi) is 4.95. The molecule has 1 heterocycles. The highest BCUT2D eigenvalue weighted by Gasteiger charge is 2.15. The van der Waals surface area contributed by atoms with Crippen molar-refractivity contribution in [1.29, 1.82) is 0 Å². The molecule has 1 aromatic heterocycles. The van der Waals surface area contributed by atoms with Gasteiger partial charge in [0.05, 0.1) is 0 Å². The van der Waals surface area contributed by atoms with Gasteiger partial charge in [-0.1, -0.05) is 25.1 Å². The van der Waals surface area contributed by atoms with Crippen LogP contribution in [0.2, 0.25) is 0 Å². The number of anilines is 1. The molecule has 0 saturated carbocycles. The van der Waals surface area contributed by atoms with Crippen LogP contribution in [0.5, 0.6) is 0 Å². The van der Waals surface area contributed by atoms with Crippen molar-refractivity contribution in [3.05, 3.63) is 45.9 Å². The highest BCUT2D eigenvalue weighted by atomic mass is 32.2. The first kappa shape index (κ1) is 15.5. The molecule has 2 aromatic rings. The summed E-state index contributed by atoms with van der Waals surface area (Å²) in [7, 11) is 0. The molecule has 0 radical (unpaired) electrons. The Morgan fingerprint density at radius 2 is 2.14 bits per heavy atom. The molecule has 0 aliphatic carbocycles. The molecule has 3 N–H and O–H groups in total. The molecule has 4 nitrogen and oxygen atoms in total. The van der Waals surface area contributed by atoms with Gasteiger partial charge >= 0.3 is 0 Å². The van der Waals surface area contributed by atoms with Gasteiger partial charge in [-0.25, -0.2) is 13.8 Å². The lowest BCUT2D eigenvalue weighted by Gasteiger charge is -2.09. The van der Waals surface area contributed by atoms with Crippen molar-refractivity contribution >= 4 is 17.4 Å². The van der Waals surface area contributed by atoms with E-state index in [2.05, 4.69) is 9.97 Å². The van der Waals surface area contributed by atoms with Gasteiger partial charge in [-0.3, -0.25) is 4.79 Å². The number of hydrogen-bond donors (Lipinski definition) is 2. The second-order valence-electron chi connectivity index (χ2n) is 4.49. The first-order valence-corrected chi connectivity index (χ1v) is 7.27. The van der Waals surface area contributed by atoms with E-state index in [4.69, 9.17) is 5.73 Å². The van der Waals surface area contributed by atoms with Crippen LogP contribution in [0.25, 0.3) is 0 Å². The second-order valence-corrected chi connectivity index (χ2v) is 5.52. The molecule has 7 heteroatoms. The van der Waals surface area contributed by atoms with Gasteiger partial charge in [-0.15, -0.1) is 0 Å². The highest BCUT2D eigenvalue weighted by molar-refractivity contribution is 7.99. The molecular weight excluding hydrogens is 296 g/mol. The fraction of sp³-hybridized carbons (Fsp3) is 0.286. The Balaban J connectivity index is 2.36. The van der Waals surface area contributed by atoms with Crippen molar-refractivity contribution in [3.63, 3.8) is 0 Å². The van der Waals surface area contributed by atoms with E-state index in [1.165, 1.54) is 18.2 Å². The number of alkyl halides is 2. The fourth-order valence-electron chi connectivity index (χ4n) is 1.85. The van der Waals surface area contributed by atoms with Gasteiger partial charge in [-0.2, -0.15) is 0 Å². The number of aryl methyl sites for hydroxylation is 1. The number of H-pyrrole nitrogens is 1. The summed E-state index contributed by atoms with van der Waals surface area (Å²) < 4.78 is 26.1. The first-order valence-electron chi connectivity index (χ1n) is 6.45. The van der Waals surface area contributed by atoms with E-state index in [-0.39, 0.29) is 16.8 Å². The molecule has 0 fully saturated rings. The number of halogens is 2. The Hall–Kier alpha value is -1.89. The molecule has 0 spiro atoms. The molecule has 112 valence electrons. The van der Waals surface area contributed by atoms with Gasteiger partial charge in [0.15, 0.2) is 5.16 Å². The van der Waals surface area contributed by atoms with Crippen LogP contribution >= 0.6 is 11.8 Å². The van der Waals surface area contributed by atoms with Gasteiger partial charge < -0.3 is 10.7 Å². The topological polar surface area (TPSA) is 71.8 Å². The standard InChI is InChI=1S/C14H15F2N3OS/c1-2-3-9-7-12(20)19-14(18-9)21-11-5-4-8(17)6-10(11)13(15)16/h4-7,13H,2-3,17H2,1H3,(H,18,19,20).